The minimum Gasteiger partial charge on any atom is -0.420 e. The first kappa shape index (κ1) is 18.1. The van der Waals surface area contributed by atoms with Gasteiger partial charge in [-0.05, 0) is 18.9 Å². The van der Waals surface area contributed by atoms with E-state index in [1.54, 1.807) is 4.90 Å². The van der Waals surface area contributed by atoms with Crippen molar-refractivity contribution in [3.05, 3.63) is 52.5 Å². The summed E-state index contributed by atoms with van der Waals surface area (Å²) in [5.74, 6) is 0.0513. The number of aryl methyl sites for hydroxylation is 1. The lowest BCUT2D eigenvalue weighted by Crippen LogP contribution is -2.46. The van der Waals surface area contributed by atoms with Gasteiger partial charge in [-0.15, -0.1) is 5.10 Å². The molecule has 7 heteroatoms. The summed E-state index contributed by atoms with van der Waals surface area (Å²) in [6.45, 7) is 4.73. The normalized spacial score (nSPS) is 20.2. The smallest absolute Gasteiger partial charge is 0.247 e. The SMILES string of the molecule is CCCCN1C(=O)[C@@]2(C(C#N)=C(N)Oc3n[nH]c(CCC)c32)c2ccccc21. The van der Waals surface area contributed by atoms with Gasteiger partial charge in [0.1, 0.15) is 17.1 Å². The molecular formula is C21H23N5O2. The fraction of sp³-hybridized carbons (Fsp3) is 0.381. The summed E-state index contributed by atoms with van der Waals surface area (Å²) in [6, 6.07) is 9.80. The number of hydrogen-bond donors (Lipinski definition) is 2. The van der Waals surface area contributed by atoms with E-state index in [1.807, 2.05) is 24.3 Å². The first-order valence-electron chi connectivity index (χ1n) is 9.68. The molecule has 1 spiro atoms. The van der Waals surface area contributed by atoms with Crippen molar-refractivity contribution in [2.24, 2.45) is 5.73 Å². The zero-order chi connectivity index (χ0) is 19.9. The van der Waals surface area contributed by atoms with Crippen LogP contribution in [0.1, 0.15) is 49.9 Å². The highest BCUT2D eigenvalue weighted by Gasteiger charge is 2.60. The molecule has 2 aromatic rings. The van der Waals surface area contributed by atoms with Crippen LogP contribution in [0.4, 0.5) is 5.69 Å². The quantitative estimate of drug-likeness (QED) is 0.833. The molecule has 2 aliphatic rings. The number of aromatic nitrogens is 2. The standard InChI is InChI=1S/C21H23N5O2/c1-3-5-11-26-16-10-7-6-9-13(16)21(20(26)27)14(12-22)18(23)28-19-17(21)15(8-4-2)24-25-19/h6-7,9-10H,3-5,8,11,23H2,1-2H3,(H,24,25)/t21-/m1/s1. The molecule has 1 aromatic heterocycles. The van der Waals surface area contributed by atoms with Gasteiger partial charge < -0.3 is 15.4 Å². The van der Waals surface area contributed by atoms with Crippen LogP contribution in [0.5, 0.6) is 5.88 Å². The summed E-state index contributed by atoms with van der Waals surface area (Å²) in [7, 11) is 0. The summed E-state index contributed by atoms with van der Waals surface area (Å²) < 4.78 is 5.65. The molecule has 0 aliphatic carbocycles. The molecule has 0 unspecified atom stereocenters. The zero-order valence-corrected chi connectivity index (χ0v) is 16.1. The maximum absolute atomic E-state index is 14.0. The topological polar surface area (TPSA) is 108 Å². The fourth-order valence-corrected chi connectivity index (χ4v) is 4.33. The largest absolute Gasteiger partial charge is 0.420 e. The number of nitrogens with two attached hydrogens (primary N) is 1. The van der Waals surface area contributed by atoms with Crippen LogP contribution in [0.3, 0.4) is 0 Å². The Labute approximate surface area is 163 Å². The molecule has 1 amide bonds. The number of ether oxygens (including phenoxy) is 1. The Morgan fingerprint density at radius 2 is 2.11 bits per heavy atom. The summed E-state index contributed by atoms with van der Waals surface area (Å²) in [4.78, 5) is 15.7. The highest BCUT2D eigenvalue weighted by molar-refractivity contribution is 6.14. The van der Waals surface area contributed by atoms with Gasteiger partial charge >= 0.3 is 0 Å². The summed E-state index contributed by atoms with van der Waals surface area (Å²) >= 11 is 0. The number of para-hydroxylation sites is 1. The second-order valence-electron chi connectivity index (χ2n) is 7.16. The molecule has 0 saturated carbocycles. The number of carbonyl (C=O) groups excluding carboxylic acids is 1. The van der Waals surface area contributed by atoms with Crippen molar-refractivity contribution in [3.63, 3.8) is 0 Å². The van der Waals surface area contributed by atoms with Crippen LogP contribution in [0, 0.1) is 11.3 Å². The van der Waals surface area contributed by atoms with E-state index in [9.17, 15) is 10.1 Å². The van der Waals surface area contributed by atoms with E-state index in [4.69, 9.17) is 10.5 Å². The number of carbonyl (C=O) groups is 1. The molecule has 0 fully saturated rings. The van der Waals surface area contributed by atoms with Crippen LogP contribution in [-0.2, 0) is 16.6 Å². The lowest BCUT2D eigenvalue weighted by Gasteiger charge is -2.32. The molecule has 1 aromatic carbocycles. The lowest BCUT2D eigenvalue weighted by molar-refractivity contribution is -0.121. The number of amides is 1. The average molecular weight is 377 g/mol. The third-order valence-corrected chi connectivity index (χ3v) is 5.52. The van der Waals surface area contributed by atoms with Gasteiger partial charge in [0.2, 0.25) is 17.7 Å². The fourth-order valence-electron chi connectivity index (χ4n) is 4.33. The number of hydrogen-bond acceptors (Lipinski definition) is 5. The van der Waals surface area contributed by atoms with E-state index in [2.05, 4.69) is 30.1 Å². The van der Waals surface area contributed by atoms with E-state index >= 15 is 0 Å². The number of benzene rings is 1. The van der Waals surface area contributed by atoms with Crippen molar-refractivity contribution in [1.29, 1.82) is 5.26 Å². The van der Waals surface area contributed by atoms with Crippen molar-refractivity contribution in [2.75, 3.05) is 11.4 Å². The minimum absolute atomic E-state index is 0.0648. The highest BCUT2D eigenvalue weighted by Crippen LogP contribution is 2.55. The number of nitrogens with one attached hydrogen (secondary N) is 1. The molecule has 2 aliphatic heterocycles. The minimum atomic E-state index is -1.31. The van der Waals surface area contributed by atoms with E-state index in [0.29, 0.717) is 18.5 Å². The number of unbranched alkanes of at least 4 members (excludes halogenated alkanes) is 1. The molecule has 28 heavy (non-hydrogen) atoms. The molecular weight excluding hydrogens is 354 g/mol. The summed E-state index contributed by atoms with van der Waals surface area (Å²) in [5.41, 5.74) is 7.95. The van der Waals surface area contributed by atoms with Crippen molar-refractivity contribution in [1.82, 2.24) is 10.2 Å². The van der Waals surface area contributed by atoms with Gasteiger partial charge in [-0.1, -0.05) is 44.9 Å². The van der Waals surface area contributed by atoms with Crippen LogP contribution < -0.4 is 15.4 Å². The van der Waals surface area contributed by atoms with E-state index in [-0.39, 0.29) is 23.2 Å². The first-order valence-corrected chi connectivity index (χ1v) is 9.68. The molecule has 1 atom stereocenters. The average Bonchev–Trinajstić information content (AvgIpc) is 3.19. The molecule has 0 bridgehead atoms. The van der Waals surface area contributed by atoms with Gasteiger partial charge in [0.15, 0.2) is 0 Å². The van der Waals surface area contributed by atoms with E-state index < -0.39 is 5.41 Å². The number of fused-ring (bicyclic) bond motifs is 4. The second-order valence-corrected chi connectivity index (χ2v) is 7.16. The Kier molecular flexibility index (Phi) is 4.34. The monoisotopic (exact) mass is 377 g/mol. The lowest BCUT2D eigenvalue weighted by atomic mass is 9.68. The van der Waals surface area contributed by atoms with Crippen LogP contribution in [0.25, 0.3) is 0 Å². The Morgan fingerprint density at radius 3 is 2.82 bits per heavy atom. The van der Waals surface area contributed by atoms with Gasteiger partial charge in [0.05, 0.1) is 5.56 Å². The Hall–Kier alpha value is -3.27. The number of anilines is 1. The predicted octanol–water partition coefficient (Wildman–Crippen LogP) is 2.88. The molecule has 4 rings (SSSR count). The molecule has 0 saturated heterocycles. The Morgan fingerprint density at radius 1 is 1.32 bits per heavy atom. The van der Waals surface area contributed by atoms with Crippen LogP contribution in [0.15, 0.2) is 35.7 Å². The number of nitrogens with zero attached hydrogens (tertiary/aromatic N) is 3. The van der Waals surface area contributed by atoms with Gasteiger partial charge in [-0.25, -0.2) is 0 Å². The second kappa shape index (κ2) is 6.71. The highest BCUT2D eigenvalue weighted by atomic mass is 16.5. The summed E-state index contributed by atoms with van der Waals surface area (Å²) in [6.07, 6.45) is 3.38. The molecule has 3 heterocycles. The third-order valence-electron chi connectivity index (χ3n) is 5.52. The Balaban J connectivity index is 2.06. The van der Waals surface area contributed by atoms with Crippen molar-refractivity contribution >= 4 is 11.6 Å². The Bertz CT molecular complexity index is 1020. The van der Waals surface area contributed by atoms with Gasteiger partial charge in [-0.3, -0.25) is 9.89 Å². The van der Waals surface area contributed by atoms with Crippen molar-refractivity contribution < 1.29 is 9.53 Å². The first-order chi connectivity index (χ1) is 13.6. The van der Waals surface area contributed by atoms with Gasteiger partial charge in [0, 0.05) is 23.5 Å². The number of aromatic amines is 1. The number of H-pyrrole nitrogens is 1. The third kappa shape index (κ3) is 2.21. The van der Waals surface area contributed by atoms with E-state index in [1.165, 1.54) is 0 Å². The van der Waals surface area contributed by atoms with E-state index in [0.717, 1.165) is 36.2 Å². The van der Waals surface area contributed by atoms with Crippen molar-refractivity contribution in [3.8, 4) is 11.9 Å². The van der Waals surface area contributed by atoms with Crippen LogP contribution in [0.2, 0.25) is 0 Å². The van der Waals surface area contributed by atoms with Gasteiger partial charge in [0.25, 0.3) is 0 Å². The molecule has 0 radical (unpaired) electrons. The zero-order valence-electron chi connectivity index (χ0n) is 16.1. The van der Waals surface area contributed by atoms with Gasteiger partial charge in [-0.2, -0.15) is 5.26 Å². The maximum Gasteiger partial charge on any atom is 0.247 e. The van der Waals surface area contributed by atoms with Crippen molar-refractivity contribution in [2.45, 2.75) is 44.9 Å². The molecule has 3 N–H and O–H groups in total. The summed E-state index contributed by atoms with van der Waals surface area (Å²) in [5, 5.41) is 17.3. The molecule has 7 nitrogen and oxygen atoms in total. The number of rotatable bonds is 5. The van der Waals surface area contributed by atoms with Crippen LogP contribution in [-0.4, -0.2) is 22.6 Å². The predicted molar refractivity (Wildman–Crippen MR) is 105 cm³/mol. The van der Waals surface area contributed by atoms with Crippen LogP contribution >= 0.6 is 0 Å². The maximum atomic E-state index is 14.0. The number of nitriles is 1. The molecule has 144 valence electrons.